The highest BCUT2D eigenvalue weighted by Gasteiger charge is 2.60. The Morgan fingerprint density at radius 1 is 0.612 bits per heavy atom. The molecule has 0 aromatic carbocycles. The minimum atomic E-state index is -3.08. The van der Waals surface area contributed by atoms with Crippen molar-refractivity contribution in [2.45, 2.75) is 336 Å². The zero-order valence-corrected chi connectivity index (χ0v) is 51.5. The summed E-state index contributed by atoms with van der Waals surface area (Å²) in [6, 6.07) is -2.61. The molecule has 3 rings (SSSR count). The molecule has 3 aliphatic heterocycles. The molecule has 0 saturated carbocycles. The summed E-state index contributed by atoms with van der Waals surface area (Å²) in [5.74, 6) is -6.14. The van der Waals surface area contributed by atoms with E-state index in [1.54, 1.807) is 6.08 Å². The second-order valence-electron chi connectivity index (χ2n) is 24.0. The SMILES string of the molecule is CCCCCCCCCCCCCCC/C=C/C(O)C(COC1OC(CO)C(OC2OC(CO)C(O)C(OC3(C(=O)O)CC(O)C(NC(C)=O)C(C(O)C(O)CO)O3)C2O)C(O)C1O)NC(=O)CCCCCCCCCCCCCCCCCC. The number of hydrogen-bond donors (Lipinski definition) is 14. The number of carboxylic acids is 1. The third-order valence-electron chi connectivity index (χ3n) is 16.7. The second kappa shape index (κ2) is 44.0. The Balaban J connectivity index is 1.64. The van der Waals surface area contributed by atoms with Crippen LogP contribution >= 0.6 is 0 Å². The van der Waals surface area contributed by atoms with Gasteiger partial charge in [0.25, 0.3) is 5.79 Å². The van der Waals surface area contributed by atoms with Gasteiger partial charge in [0, 0.05) is 19.8 Å². The number of allylic oxidation sites excluding steroid dienone is 1. The molecular formula is C62H114N2O21. The fourth-order valence-electron chi connectivity index (χ4n) is 11.5. The van der Waals surface area contributed by atoms with Crippen LogP contribution in [0, 0.1) is 0 Å². The van der Waals surface area contributed by atoms with Gasteiger partial charge in [-0.1, -0.05) is 199 Å². The summed E-state index contributed by atoms with van der Waals surface area (Å²) in [4.78, 5) is 38.4. The van der Waals surface area contributed by atoms with Crippen molar-refractivity contribution in [3.63, 3.8) is 0 Å². The van der Waals surface area contributed by atoms with Crippen LogP contribution in [0.25, 0.3) is 0 Å². The predicted molar refractivity (Wildman–Crippen MR) is 315 cm³/mol. The van der Waals surface area contributed by atoms with Crippen molar-refractivity contribution in [1.29, 1.82) is 0 Å². The maximum absolute atomic E-state index is 13.4. The Morgan fingerprint density at radius 3 is 1.56 bits per heavy atom. The first-order valence-corrected chi connectivity index (χ1v) is 32.6. The van der Waals surface area contributed by atoms with Gasteiger partial charge in [0.15, 0.2) is 12.6 Å². The van der Waals surface area contributed by atoms with Crippen molar-refractivity contribution < 1.29 is 104 Å². The molecule has 85 heavy (non-hydrogen) atoms. The van der Waals surface area contributed by atoms with Gasteiger partial charge < -0.3 is 100 Å². The molecule has 0 aromatic heterocycles. The van der Waals surface area contributed by atoms with Gasteiger partial charge in [-0.15, -0.1) is 0 Å². The van der Waals surface area contributed by atoms with Gasteiger partial charge in [-0.2, -0.15) is 0 Å². The molecule has 23 nitrogen and oxygen atoms in total. The summed E-state index contributed by atoms with van der Waals surface area (Å²) in [5, 5.41) is 136. The number of rotatable bonds is 48. The molecule has 0 bridgehead atoms. The van der Waals surface area contributed by atoms with E-state index in [2.05, 4.69) is 24.5 Å². The van der Waals surface area contributed by atoms with Crippen LogP contribution in [0.2, 0.25) is 0 Å². The molecule has 2 amide bonds. The molecule has 0 aliphatic carbocycles. The van der Waals surface area contributed by atoms with Crippen LogP contribution in [0.1, 0.15) is 226 Å². The van der Waals surface area contributed by atoms with E-state index in [0.29, 0.717) is 12.8 Å². The molecule has 14 N–H and O–H groups in total. The van der Waals surface area contributed by atoms with Crippen LogP contribution in [-0.2, 0) is 42.8 Å². The normalized spacial score (nSPS) is 29.6. The van der Waals surface area contributed by atoms with E-state index in [-0.39, 0.29) is 12.3 Å². The standard InChI is InChI=1S/C62H114N2O21/c1-4-6-8-10-12-14-16-18-20-22-24-26-28-30-32-34-36-49(72)64-43(44(69)35-33-31-29-27-25-23-21-19-17-15-13-11-9-7-5-2)41-80-59-54(76)53(75)56(48(40-67)82-59)83-60-55(77)58(52(74)47(39-66)81-60)85-62(61(78)79)37-45(70)50(63-42(3)68)57(84-62)51(73)46(71)38-65/h33,35,43-48,50-60,65-67,69-71,73-77H,4-32,34,36-41H2,1-3H3,(H,63,68)(H,64,72)(H,78,79)/b35-33+. The average molecular weight is 1220 g/mol. The van der Waals surface area contributed by atoms with Gasteiger partial charge >= 0.3 is 5.97 Å². The summed E-state index contributed by atoms with van der Waals surface area (Å²) < 4.78 is 34.7. The Hall–Kier alpha value is -2.53. The monoisotopic (exact) mass is 1220 g/mol. The van der Waals surface area contributed by atoms with E-state index in [1.165, 1.54) is 135 Å². The fraction of sp³-hybridized carbons (Fsp3) is 0.919. The van der Waals surface area contributed by atoms with Crippen LogP contribution in [0.5, 0.6) is 0 Å². The van der Waals surface area contributed by atoms with Gasteiger partial charge in [-0.3, -0.25) is 9.59 Å². The topological polar surface area (TPSA) is 373 Å². The molecule has 18 unspecified atom stereocenters. The molecule has 498 valence electrons. The zero-order valence-electron chi connectivity index (χ0n) is 51.5. The van der Waals surface area contributed by atoms with Crippen LogP contribution in [0.3, 0.4) is 0 Å². The molecule has 3 heterocycles. The molecule has 0 spiro atoms. The molecule has 0 radical (unpaired) electrons. The quantitative estimate of drug-likeness (QED) is 0.0298. The molecule has 3 fully saturated rings. The number of aliphatic hydroxyl groups is 11. The van der Waals surface area contributed by atoms with E-state index in [9.17, 15) is 75.7 Å². The third-order valence-corrected chi connectivity index (χ3v) is 16.7. The lowest BCUT2D eigenvalue weighted by atomic mass is 9.88. The first-order valence-electron chi connectivity index (χ1n) is 32.6. The van der Waals surface area contributed by atoms with Gasteiger partial charge in [0.2, 0.25) is 11.8 Å². The summed E-state index contributed by atoms with van der Waals surface area (Å²) >= 11 is 0. The van der Waals surface area contributed by atoms with Crippen molar-refractivity contribution in [2.24, 2.45) is 0 Å². The smallest absolute Gasteiger partial charge is 0.364 e. The highest BCUT2D eigenvalue weighted by molar-refractivity contribution is 5.77. The molecule has 18 atom stereocenters. The van der Waals surface area contributed by atoms with E-state index in [4.69, 9.17) is 28.4 Å². The van der Waals surface area contributed by atoms with Gasteiger partial charge in [0.1, 0.15) is 67.1 Å². The average Bonchev–Trinajstić information content (AvgIpc) is 1.29. The lowest BCUT2D eigenvalue weighted by Gasteiger charge is -2.50. The van der Waals surface area contributed by atoms with E-state index < -0.39 is 155 Å². The van der Waals surface area contributed by atoms with Gasteiger partial charge in [0.05, 0.1) is 50.7 Å². The fourth-order valence-corrected chi connectivity index (χ4v) is 11.5. The summed E-state index contributed by atoms with van der Waals surface area (Å²) in [7, 11) is 0. The number of hydrogen-bond acceptors (Lipinski definition) is 20. The lowest BCUT2D eigenvalue weighted by molar-refractivity contribution is -0.386. The van der Waals surface area contributed by atoms with Crippen LogP contribution < -0.4 is 10.6 Å². The maximum atomic E-state index is 13.4. The predicted octanol–water partition coefficient (Wildman–Crippen LogP) is 4.34. The van der Waals surface area contributed by atoms with E-state index in [1.807, 2.05) is 6.08 Å². The van der Waals surface area contributed by atoms with Gasteiger partial charge in [-0.25, -0.2) is 4.79 Å². The number of aliphatic carboxylic acids is 1. The number of nitrogens with one attached hydrogen (secondary N) is 2. The Bertz CT molecular complexity index is 1790. The number of unbranched alkanes of at least 4 members (excludes halogenated alkanes) is 28. The van der Waals surface area contributed by atoms with Crippen LogP contribution in [0.4, 0.5) is 0 Å². The van der Waals surface area contributed by atoms with Crippen LogP contribution in [0.15, 0.2) is 12.2 Å². The summed E-state index contributed by atoms with van der Waals surface area (Å²) in [5.41, 5.74) is 0. The van der Waals surface area contributed by atoms with Crippen molar-refractivity contribution in [1.82, 2.24) is 10.6 Å². The summed E-state index contributed by atoms with van der Waals surface area (Å²) in [6.07, 6.45) is 9.75. The second-order valence-corrected chi connectivity index (χ2v) is 24.0. The summed E-state index contributed by atoms with van der Waals surface area (Å²) in [6.45, 7) is 2.12. The number of carboxylic acid groups (broad SMARTS) is 1. The highest BCUT2D eigenvalue weighted by atomic mass is 16.8. The minimum absolute atomic E-state index is 0.204. The molecular weight excluding hydrogens is 1110 g/mol. The Kier molecular flexibility index (Phi) is 39.7. The number of ether oxygens (including phenoxy) is 6. The molecule has 23 heteroatoms. The number of aliphatic hydroxyl groups excluding tert-OH is 11. The molecule has 0 aromatic rings. The number of carbonyl (C=O) groups is 3. The van der Waals surface area contributed by atoms with Crippen molar-refractivity contribution in [2.75, 3.05) is 26.4 Å². The van der Waals surface area contributed by atoms with E-state index in [0.717, 1.165) is 51.9 Å². The first-order chi connectivity index (χ1) is 40.9. The maximum Gasteiger partial charge on any atom is 0.364 e. The Labute approximate surface area is 505 Å². The van der Waals surface area contributed by atoms with Crippen molar-refractivity contribution in [3.8, 4) is 0 Å². The number of carbonyl (C=O) groups excluding carboxylic acids is 2. The first kappa shape index (κ1) is 76.7. The minimum Gasteiger partial charge on any atom is -0.477 e. The third kappa shape index (κ3) is 27.6. The number of amides is 2. The van der Waals surface area contributed by atoms with Crippen LogP contribution in [-0.4, -0.2) is 215 Å². The van der Waals surface area contributed by atoms with E-state index >= 15 is 0 Å². The van der Waals surface area contributed by atoms with Crippen molar-refractivity contribution >= 4 is 17.8 Å². The molecule has 3 saturated heterocycles. The largest absolute Gasteiger partial charge is 0.477 e. The lowest BCUT2D eigenvalue weighted by Crippen LogP contribution is -2.70. The molecule has 3 aliphatic rings. The zero-order chi connectivity index (χ0) is 62.6. The van der Waals surface area contributed by atoms with Crippen molar-refractivity contribution in [3.05, 3.63) is 12.2 Å². The van der Waals surface area contributed by atoms with Gasteiger partial charge in [-0.05, 0) is 19.3 Å². The Morgan fingerprint density at radius 2 is 1.09 bits per heavy atom. The highest BCUT2D eigenvalue weighted by Crippen LogP contribution is 2.38.